The van der Waals surface area contributed by atoms with Crippen LogP contribution in [0.5, 0.6) is 5.75 Å². The molecule has 2 heterocycles. The first-order valence-corrected chi connectivity index (χ1v) is 6.87. The lowest BCUT2D eigenvalue weighted by atomic mass is 10.1. The van der Waals surface area contributed by atoms with Gasteiger partial charge in [-0.15, -0.1) is 0 Å². The van der Waals surface area contributed by atoms with E-state index in [1.165, 1.54) is 5.56 Å². The molecule has 1 aliphatic heterocycles. The molecule has 20 heavy (non-hydrogen) atoms. The summed E-state index contributed by atoms with van der Waals surface area (Å²) in [5.74, 6) is 2.06. The predicted octanol–water partition coefficient (Wildman–Crippen LogP) is 1.86. The first-order valence-electron chi connectivity index (χ1n) is 6.87. The molecule has 0 radical (unpaired) electrons. The predicted molar refractivity (Wildman–Crippen MR) is 78.8 cm³/mol. The van der Waals surface area contributed by atoms with Crippen LogP contribution in [-0.4, -0.2) is 34.7 Å². The summed E-state index contributed by atoms with van der Waals surface area (Å²) in [4.78, 5) is 6.61. The number of ether oxygens (including phenoxy) is 1. The van der Waals surface area contributed by atoms with Gasteiger partial charge in [-0.1, -0.05) is 12.1 Å². The van der Waals surface area contributed by atoms with Crippen molar-refractivity contribution in [2.45, 2.75) is 13.1 Å². The molecule has 0 saturated carbocycles. The fourth-order valence-electron chi connectivity index (χ4n) is 2.49. The van der Waals surface area contributed by atoms with Crippen molar-refractivity contribution in [3.63, 3.8) is 0 Å². The molecule has 106 valence electrons. The van der Waals surface area contributed by atoms with Crippen LogP contribution in [0.3, 0.4) is 0 Å². The molecule has 0 spiro atoms. The third-order valence-corrected chi connectivity index (χ3v) is 3.53. The number of rotatable bonds is 4. The van der Waals surface area contributed by atoms with Gasteiger partial charge in [0.25, 0.3) is 0 Å². The van der Waals surface area contributed by atoms with Crippen molar-refractivity contribution in [2.24, 2.45) is 7.05 Å². The fraction of sp³-hybridized carbons (Fsp3) is 0.400. The van der Waals surface area contributed by atoms with Gasteiger partial charge in [-0.05, 0) is 13.1 Å². The number of hydrogen-bond donors (Lipinski definition) is 1. The third kappa shape index (κ3) is 2.63. The van der Waals surface area contributed by atoms with Crippen molar-refractivity contribution in [3.05, 3.63) is 42.0 Å². The SMILES string of the molecule is CN(Cc1cccc2c1OCCN2)Cc1nccn1C. The molecule has 0 amide bonds. The minimum absolute atomic E-state index is 0.729. The number of anilines is 1. The number of aromatic nitrogens is 2. The number of para-hydroxylation sites is 1. The Bertz CT molecular complexity index is 593. The Balaban J connectivity index is 1.73. The van der Waals surface area contributed by atoms with E-state index in [1.807, 2.05) is 19.4 Å². The lowest BCUT2D eigenvalue weighted by molar-refractivity contribution is 0.285. The highest BCUT2D eigenvalue weighted by Gasteiger charge is 2.15. The second-order valence-electron chi connectivity index (χ2n) is 5.20. The Morgan fingerprint density at radius 1 is 1.40 bits per heavy atom. The molecule has 0 saturated heterocycles. The van der Waals surface area contributed by atoms with Gasteiger partial charge in [-0.2, -0.15) is 0 Å². The van der Waals surface area contributed by atoms with Crippen LogP contribution in [0.2, 0.25) is 0 Å². The van der Waals surface area contributed by atoms with E-state index in [1.54, 1.807) is 0 Å². The molecule has 1 aromatic carbocycles. The zero-order valence-electron chi connectivity index (χ0n) is 12.0. The zero-order chi connectivity index (χ0) is 13.9. The van der Waals surface area contributed by atoms with Crippen LogP contribution in [0, 0.1) is 0 Å². The van der Waals surface area contributed by atoms with Gasteiger partial charge >= 0.3 is 0 Å². The van der Waals surface area contributed by atoms with E-state index < -0.39 is 0 Å². The van der Waals surface area contributed by atoms with Gasteiger partial charge in [0, 0.05) is 38.1 Å². The molecule has 2 aromatic rings. The molecule has 0 unspecified atom stereocenters. The quantitative estimate of drug-likeness (QED) is 0.922. The highest BCUT2D eigenvalue weighted by Crippen LogP contribution is 2.31. The minimum Gasteiger partial charge on any atom is -0.489 e. The lowest BCUT2D eigenvalue weighted by Crippen LogP contribution is -2.23. The van der Waals surface area contributed by atoms with Crippen LogP contribution in [0.1, 0.15) is 11.4 Å². The van der Waals surface area contributed by atoms with E-state index in [0.717, 1.165) is 43.5 Å². The molecule has 0 bridgehead atoms. The molecule has 0 aliphatic carbocycles. The smallest absolute Gasteiger partial charge is 0.146 e. The van der Waals surface area contributed by atoms with Gasteiger partial charge in [-0.25, -0.2) is 4.98 Å². The molecular weight excluding hydrogens is 252 g/mol. The highest BCUT2D eigenvalue weighted by molar-refractivity contribution is 5.61. The van der Waals surface area contributed by atoms with E-state index in [9.17, 15) is 0 Å². The van der Waals surface area contributed by atoms with E-state index in [4.69, 9.17) is 4.74 Å². The van der Waals surface area contributed by atoms with Crippen LogP contribution in [-0.2, 0) is 20.1 Å². The van der Waals surface area contributed by atoms with Crippen molar-refractivity contribution in [2.75, 3.05) is 25.5 Å². The lowest BCUT2D eigenvalue weighted by Gasteiger charge is -2.24. The Morgan fingerprint density at radius 2 is 2.30 bits per heavy atom. The van der Waals surface area contributed by atoms with Crippen LogP contribution in [0.15, 0.2) is 30.6 Å². The first kappa shape index (κ1) is 13.0. The maximum atomic E-state index is 5.80. The minimum atomic E-state index is 0.729. The average molecular weight is 272 g/mol. The number of nitrogens with one attached hydrogen (secondary N) is 1. The van der Waals surface area contributed by atoms with E-state index in [2.05, 4.69) is 45.0 Å². The molecule has 0 fully saturated rings. The van der Waals surface area contributed by atoms with Gasteiger partial charge in [0.2, 0.25) is 0 Å². The van der Waals surface area contributed by atoms with Crippen molar-refractivity contribution >= 4 is 5.69 Å². The fourth-order valence-corrected chi connectivity index (χ4v) is 2.49. The first-order chi connectivity index (χ1) is 9.74. The van der Waals surface area contributed by atoms with E-state index in [0.29, 0.717) is 0 Å². The highest BCUT2D eigenvalue weighted by atomic mass is 16.5. The number of benzene rings is 1. The summed E-state index contributed by atoms with van der Waals surface area (Å²) in [6.07, 6.45) is 3.81. The van der Waals surface area contributed by atoms with Gasteiger partial charge in [0.1, 0.15) is 18.2 Å². The van der Waals surface area contributed by atoms with Crippen molar-refractivity contribution in [1.29, 1.82) is 0 Å². The number of imidazole rings is 1. The molecule has 1 N–H and O–H groups in total. The monoisotopic (exact) mass is 272 g/mol. The molecule has 0 atom stereocenters. The van der Waals surface area contributed by atoms with Gasteiger partial charge in [0.05, 0.1) is 12.2 Å². The van der Waals surface area contributed by atoms with Crippen molar-refractivity contribution in [3.8, 4) is 5.75 Å². The molecule has 1 aliphatic rings. The summed E-state index contributed by atoms with van der Waals surface area (Å²) in [7, 11) is 4.12. The topological polar surface area (TPSA) is 42.3 Å². The van der Waals surface area contributed by atoms with Crippen molar-refractivity contribution < 1.29 is 4.74 Å². The largest absolute Gasteiger partial charge is 0.489 e. The molecule has 5 heteroatoms. The summed E-state index contributed by atoms with van der Waals surface area (Å²) < 4.78 is 7.86. The van der Waals surface area contributed by atoms with E-state index >= 15 is 0 Å². The molecule has 5 nitrogen and oxygen atoms in total. The summed E-state index contributed by atoms with van der Waals surface area (Å²) in [5, 5.41) is 3.37. The Morgan fingerprint density at radius 3 is 3.10 bits per heavy atom. The Labute approximate surface area is 119 Å². The number of hydrogen-bond acceptors (Lipinski definition) is 4. The zero-order valence-corrected chi connectivity index (χ0v) is 12.0. The molecular formula is C15H20N4O. The summed E-state index contributed by atoms with van der Waals surface area (Å²) in [5.41, 5.74) is 2.31. The average Bonchev–Trinajstić information content (AvgIpc) is 2.85. The summed E-state index contributed by atoms with van der Waals surface area (Å²) in [6, 6.07) is 6.27. The van der Waals surface area contributed by atoms with Crippen LogP contribution < -0.4 is 10.1 Å². The van der Waals surface area contributed by atoms with Crippen LogP contribution in [0.25, 0.3) is 0 Å². The number of fused-ring (bicyclic) bond motifs is 1. The summed E-state index contributed by atoms with van der Waals surface area (Å²) >= 11 is 0. The number of nitrogens with zero attached hydrogens (tertiary/aromatic N) is 3. The Hall–Kier alpha value is -2.01. The standard InChI is InChI=1S/C15H20N4O/c1-18(11-14-17-6-8-19(14)2)10-12-4-3-5-13-15(12)20-9-7-16-13/h3-6,8,16H,7,9-11H2,1-2H3. The maximum Gasteiger partial charge on any atom is 0.146 e. The molecule has 1 aromatic heterocycles. The van der Waals surface area contributed by atoms with E-state index in [-0.39, 0.29) is 0 Å². The summed E-state index contributed by atoms with van der Waals surface area (Å²) in [6.45, 7) is 3.27. The maximum absolute atomic E-state index is 5.80. The second-order valence-corrected chi connectivity index (χ2v) is 5.20. The normalized spacial score (nSPS) is 13.8. The number of aryl methyl sites for hydroxylation is 1. The van der Waals surface area contributed by atoms with Crippen LogP contribution >= 0.6 is 0 Å². The Kier molecular flexibility index (Phi) is 3.60. The van der Waals surface area contributed by atoms with Crippen molar-refractivity contribution in [1.82, 2.24) is 14.5 Å². The molecule has 3 rings (SSSR count). The van der Waals surface area contributed by atoms with Crippen LogP contribution in [0.4, 0.5) is 5.69 Å². The van der Waals surface area contributed by atoms with Gasteiger partial charge in [0.15, 0.2) is 0 Å². The van der Waals surface area contributed by atoms with Gasteiger partial charge in [-0.3, -0.25) is 4.90 Å². The second kappa shape index (κ2) is 5.54. The van der Waals surface area contributed by atoms with Gasteiger partial charge < -0.3 is 14.6 Å². The third-order valence-electron chi connectivity index (χ3n) is 3.53.